The second-order valence-corrected chi connectivity index (χ2v) is 14.7. The summed E-state index contributed by atoms with van der Waals surface area (Å²) >= 11 is 0. The number of benzene rings is 1. The van der Waals surface area contributed by atoms with E-state index in [1.165, 1.54) is 25.7 Å². The summed E-state index contributed by atoms with van der Waals surface area (Å²) in [7, 11) is 0. The zero-order valence-corrected chi connectivity index (χ0v) is 26.4. The lowest BCUT2D eigenvalue weighted by Crippen LogP contribution is -2.69. The minimum atomic E-state index is -2.60. The van der Waals surface area contributed by atoms with Crippen molar-refractivity contribution in [2.75, 3.05) is 0 Å². The van der Waals surface area contributed by atoms with E-state index < -0.39 is 56.8 Å². The van der Waals surface area contributed by atoms with Gasteiger partial charge in [-0.1, -0.05) is 71.6 Å². The van der Waals surface area contributed by atoms with Gasteiger partial charge in [0.25, 0.3) is 0 Å². The molecule has 1 unspecified atom stereocenters. The molecule has 2 saturated carbocycles. The van der Waals surface area contributed by atoms with Crippen LogP contribution in [0, 0.1) is 28.6 Å². The number of allylic oxidation sites excluding steroid dienone is 5. The van der Waals surface area contributed by atoms with Crippen molar-refractivity contribution in [2.24, 2.45) is 28.6 Å². The molecule has 0 amide bonds. The quantitative estimate of drug-likeness (QED) is 0.269. The third kappa shape index (κ3) is 4.07. The number of carbonyl (C=O) groups excluding carboxylic acids is 3. The molecule has 0 radical (unpaired) electrons. The van der Waals surface area contributed by atoms with E-state index in [9.17, 15) is 34.8 Å². The van der Waals surface area contributed by atoms with E-state index >= 15 is 0 Å². The van der Waals surface area contributed by atoms with Crippen LogP contribution in [-0.4, -0.2) is 43.4 Å². The zero-order valence-electron chi connectivity index (χ0n) is 26.4. The lowest BCUT2D eigenvalue weighted by molar-refractivity contribution is -0.178. The first-order chi connectivity index (χ1) is 20.7. The molecule has 0 aliphatic heterocycles. The number of phenols is 1. The number of phenolic OH excluding ortho intramolecular Hbond substituents is 1. The molecule has 6 rings (SSSR count). The predicted octanol–water partition coefficient (Wildman–Crippen LogP) is 6.66. The highest BCUT2D eigenvalue weighted by Gasteiger charge is 2.72. The number of carbonyl (C=O) groups is 3. The van der Waals surface area contributed by atoms with Gasteiger partial charge in [-0.25, -0.2) is 0 Å². The maximum atomic E-state index is 14.6. The minimum Gasteiger partial charge on any atom is -0.508 e. The van der Waals surface area contributed by atoms with Gasteiger partial charge in [-0.15, -0.1) is 0 Å². The molecule has 1 aromatic carbocycles. The van der Waals surface area contributed by atoms with Gasteiger partial charge in [0, 0.05) is 22.3 Å². The summed E-state index contributed by atoms with van der Waals surface area (Å²) in [5.74, 6) is -4.34. The summed E-state index contributed by atoms with van der Waals surface area (Å²) in [5.41, 5.74) is -2.23. The molecule has 7 heteroatoms. The number of ketones is 3. The Kier molecular flexibility index (Phi) is 7.15. The van der Waals surface area contributed by atoms with Gasteiger partial charge in [0.15, 0.2) is 17.2 Å². The maximum absolute atomic E-state index is 14.6. The number of fused-ring (bicyclic) bond motifs is 3. The Hall–Kier alpha value is -3.45. The van der Waals surface area contributed by atoms with E-state index in [0.717, 1.165) is 36.5 Å². The molecule has 0 saturated heterocycles. The second kappa shape index (κ2) is 10.3. The fraction of sp³-hybridized carbons (Fsp3) is 0.541. The molecular weight excluding hydrogens is 556 g/mol. The summed E-state index contributed by atoms with van der Waals surface area (Å²) in [4.78, 5) is 41.0. The third-order valence-corrected chi connectivity index (χ3v) is 11.5. The van der Waals surface area contributed by atoms with Crippen LogP contribution in [0.25, 0.3) is 11.3 Å². The van der Waals surface area contributed by atoms with Crippen LogP contribution < -0.4 is 0 Å². The number of rotatable bonds is 6. The van der Waals surface area contributed by atoms with Crippen LogP contribution in [0.5, 0.6) is 5.75 Å². The fourth-order valence-electron chi connectivity index (χ4n) is 9.61. The number of aliphatic hydroxyl groups excluding tert-OH is 2. The Balaban J connectivity index is 1.58. The van der Waals surface area contributed by atoms with Crippen LogP contribution in [0.2, 0.25) is 0 Å². The SMILES string of the molecule is CC(=O)C1=C(O)[C@]2(O)C(=O)C3=C(O)c4c(O)c(CCC5CCCC5)cc(C5=CCC=C5)c4C[C@]3(C)C[C@]2(C)C(C(C)C)C1=O. The van der Waals surface area contributed by atoms with E-state index in [0.29, 0.717) is 17.9 Å². The van der Waals surface area contributed by atoms with Gasteiger partial charge in [0.1, 0.15) is 22.8 Å². The molecule has 0 spiro atoms. The highest BCUT2D eigenvalue weighted by molar-refractivity contribution is 6.24. The van der Waals surface area contributed by atoms with Crippen molar-refractivity contribution in [3.8, 4) is 5.75 Å². The van der Waals surface area contributed by atoms with Crippen molar-refractivity contribution < 1.29 is 34.8 Å². The summed E-state index contributed by atoms with van der Waals surface area (Å²) in [6, 6.07) is 2.03. The molecule has 5 aliphatic carbocycles. The van der Waals surface area contributed by atoms with Gasteiger partial charge in [-0.05, 0) is 79.2 Å². The van der Waals surface area contributed by atoms with Crippen LogP contribution in [0.4, 0.5) is 0 Å². The van der Waals surface area contributed by atoms with Gasteiger partial charge in [-0.2, -0.15) is 0 Å². The van der Waals surface area contributed by atoms with E-state index in [1.807, 2.05) is 32.9 Å². The average Bonchev–Trinajstić information content (AvgIpc) is 3.65. The highest BCUT2D eigenvalue weighted by atomic mass is 16.3. The number of hydrogen-bond donors (Lipinski definition) is 4. The van der Waals surface area contributed by atoms with Crippen molar-refractivity contribution in [3.05, 3.63) is 63.5 Å². The first-order valence-corrected chi connectivity index (χ1v) is 16.1. The smallest absolute Gasteiger partial charge is 0.203 e. The Labute approximate surface area is 259 Å². The van der Waals surface area contributed by atoms with Crippen LogP contribution in [0.15, 0.2) is 41.2 Å². The monoisotopic (exact) mass is 600 g/mol. The lowest BCUT2D eigenvalue weighted by atomic mass is 9.43. The molecular formula is C37H44O7. The van der Waals surface area contributed by atoms with Crippen molar-refractivity contribution in [1.29, 1.82) is 0 Å². The number of aliphatic hydroxyl groups is 3. The molecule has 1 aromatic rings. The van der Waals surface area contributed by atoms with Crippen molar-refractivity contribution >= 4 is 28.7 Å². The normalized spacial score (nSPS) is 31.9. The van der Waals surface area contributed by atoms with E-state index in [4.69, 9.17) is 0 Å². The number of aryl methyl sites for hydroxylation is 1. The Morgan fingerprint density at radius 3 is 2.36 bits per heavy atom. The summed E-state index contributed by atoms with van der Waals surface area (Å²) in [6.45, 7) is 8.24. The van der Waals surface area contributed by atoms with Crippen molar-refractivity contribution in [3.63, 3.8) is 0 Å². The molecule has 0 heterocycles. The van der Waals surface area contributed by atoms with Crippen molar-refractivity contribution in [1.82, 2.24) is 0 Å². The third-order valence-electron chi connectivity index (χ3n) is 11.5. The number of aromatic hydroxyl groups is 1. The minimum absolute atomic E-state index is 0.0624. The van der Waals surface area contributed by atoms with Crippen LogP contribution in [0.1, 0.15) is 102 Å². The van der Waals surface area contributed by atoms with Crippen molar-refractivity contribution in [2.45, 2.75) is 98.0 Å². The summed E-state index contributed by atoms with van der Waals surface area (Å²) < 4.78 is 0. The van der Waals surface area contributed by atoms with Gasteiger partial charge < -0.3 is 20.4 Å². The van der Waals surface area contributed by atoms with Gasteiger partial charge in [0.05, 0.1) is 5.56 Å². The van der Waals surface area contributed by atoms with Crippen LogP contribution in [-0.2, 0) is 27.2 Å². The van der Waals surface area contributed by atoms with E-state index in [-0.39, 0.29) is 35.6 Å². The molecule has 5 aliphatic rings. The van der Waals surface area contributed by atoms with Crippen LogP contribution in [0.3, 0.4) is 0 Å². The first-order valence-electron chi connectivity index (χ1n) is 16.1. The van der Waals surface area contributed by atoms with Gasteiger partial charge in [0.2, 0.25) is 5.78 Å². The highest BCUT2D eigenvalue weighted by Crippen LogP contribution is 2.65. The number of Topliss-reactive ketones (excluding diaryl/α,β-unsaturated/α-hetero) is 3. The van der Waals surface area contributed by atoms with Gasteiger partial charge in [-0.3, -0.25) is 14.4 Å². The largest absolute Gasteiger partial charge is 0.508 e. The molecule has 4 atom stereocenters. The molecule has 4 N–H and O–H groups in total. The molecule has 0 bridgehead atoms. The fourth-order valence-corrected chi connectivity index (χ4v) is 9.61. The van der Waals surface area contributed by atoms with Crippen LogP contribution >= 0.6 is 0 Å². The molecule has 7 nitrogen and oxygen atoms in total. The Bertz CT molecular complexity index is 1610. The maximum Gasteiger partial charge on any atom is 0.203 e. The Morgan fingerprint density at radius 1 is 1.09 bits per heavy atom. The molecule has 0 aromatic heterocycles. The summed E-state index contributed by atoms with van der Waals surface area (Å²) in [6.07, 6.45) is 13.7. The Morgan fingerprint density at radius 2 is 1.77 bits per heavy atom. The standard InChI is InChI=1S/C37H44O7/c1-19(2)28-31(40)26(20(3)38)33(42)37(44)34(43)29-32(41)27-25(17-35(29,4)18-36(28,37)5)24(22-12-8-9-13-22)16-23(30(27)39)15-14-21-10-6-7-11-21/h8,12-13,16,19,21,28,39,41-42,44H,6-7,9-11,14-15,17-18H2,1-5H3/t28?,35-,36-,37+/m1/s1. The summed E-state index contributed by atoms with van der Waals surface area (Å²) in [5, 5.41) is 47.5. The predicted molar refractivity (Wildman–Crippen MR) is 168 cm³/mol. The molecule has 44 heavy (non-hydrogen) atoms. The van der Waals surface area contributed by atoms with Gasteiger partial charge >= 0.3 is 0 Å². The topological polar surface area (TPSA) is 132 Å². The first kappa shape index (κ1) is 30.6. The van der Waals surface area contributed by atoms with E-state index in [1.54, 1.807) is 6.92 Å². The molecule has 2 fully saturated rings. The lowest BCUT2D eigenvalue weighted by Gasteiger charge is -2.59. The second-order valence-electron chi connectivity index (χ2n) is 14.7. The average molecular weight is 601 g/mol. The molecule has 234 valence electrons. The number of hydrogen-bond acceptors (Lipinski definition) is 7. The van der Waals surface area contributed by atoms with E-state index in [2.05, 4.69) is 12.2 Å². The zero-order chi connectivity index (χ0) is 31.9.